The van der Waals surface area contributed by atoms with Gasteiger partial charge in [-0.25, -0.2) is 4.79 Å². The average Bonchev–Trinajstić information content (AvgIpc) is 2.77. The van der Waals surface area contributed by atoms with Gasteiger partial charge in [-0.1, -0.05) is 11.6 Å². The molecule has 0 atom stereocenters. The molecule has 0 aliphatic rings. The largest absolute Gasteiger partial charge is 0.477 e. The van der Waals surface area contributed by atoms with Gasteiger partial charge in [0.05, 0.1) is 5.02 Å². The van der Waals surface area contributed by atoms with Crippen LogP contribution in [0.5, 0.6) is 0 Å². The molecule has 0 spiro atoms. The fourth-order valence-corrected chi connectivity index (χ4v) is 1.79. The number of nitrogens with two attached hydrogens (primary N) is 1. The van der Waals surface area contributed by atoms with Crippen molar-refractivity contribution >= 4 is 29.0 Å². The maximum Gasteiger partial charge on any atom is 0.352 e. The topological polar surface area (TPSA) is 96.2 Å². The number of aromatic amines is 1. The van der Waals surface area contributed by atoms with E-state index in [2.05, 4.69) is 4.98 Å². The maximum absolute atomic E-state index is 12.1. The monoisotopic (exact) mass is 264 g/mol. The van der Waals surface area contributed by atoms with E-state index in [1.54, 1.807) is 6.07 Å². The molecule has 2 rings (SSSR count). The third-order valence-corrected chi connectivity index (χ3v) is 2.73. The Bertz CT molecular complexity index is 634. The number of hydrogen-bond acceptors (Lipinski definition) is 3. The number of carbonyl (C=O) groups is 2. The summed E-state index contributed by atoms with van der Waals surface area (Å²) < 4.78 is 0. The molecule has 0 amide bonds. The number of hydrogen-bond donors (Lipinski definition) is 3. The molecule has 6 heteroatoms. The van der Waals surface area contributed by atoms with Crippen LogP contribution in [0.15, 0.2) is 30.5 Å². The van der Waals surface area contributed by atoms with E-state index in [1.165, 1.54) is 24.4 Å². The molecule has 0 saturated carbocycles. The van der Waals surface area contributed by atoms with Gasteiger partial charge in [-0.05, 0) is 24.3 Å². The molecule has 0 radical (unpaired) electrons. The van der Waals surface area contributed by atoms with Crippen molar-refractivity contribution in [2.24, 2.45) is 0 Å². The van der Waals surface area contributed by atoms with E-state index >= 15 is 0 Å². The number of ketones is 1. The van der Waals surface area contributed by atoms with Gasteiger partial charge in [-0.15, -0.1) is 0 Å². The fraction of sp³-hybridized carbons (Fsp3) is 0. The minimum Gasteiger partial charge on any atom is -0.477 e. The molecule has 0 fully saturated rings. The predicted molar refractivity (Wildman–Crippen MR) is 67.0 cm³/mol. The van der Waals surface area contributed by atoms with Gasteiger partial charge in [-0.2, -0.15) is 0 Å². The van der Waals surface area contributed by atoms with Gasteiger partial charge in [0.15, 0.2) is 5.78 Å². The number of anilines is 1. The van der Waals surface area contributed by atoms with E-state index in [1.807, 2.05) is 0 Å². The summed E-state index contributed by atoms with van der Waals surface area (Å²) in [4.78, 5) is 25.3. The molecule has 4 N–H and O–H groups in total. The third-order valence-electron chi connectivity index (χ3n) is 2.41. The van der Waals surface area contributed by atoms with Crippen molar-refractivity contribution in [1.82, 2.24) is 4.98 Å². The SMILES string of the molecule is Nc1ccc(C(=O)c2c[nH]c(C(=O)O)c2)c(Cl)c1. The average molecular weight is 265 g/mol. The van der Waals surface area contributed by atoms with Gasteiger partial charge in [0, 0.05) is 23.0 Å². The number of benzene rings is 1. The number of halogens is 1. The zero-order chi connectivity index (χ0) is 13.3. The Balaban J connectivity index is 2.38. The summed E-state index contributed by atoms with van der Waals surface area (Å²) in [6, 6.07) is 5.80. The lowest BCUT2D eigenvalue weighted by atomic mass is 10.1. The smallest absolute Gasteiger partial charge is 0.352 e. The van der Waals surface area contributed by atoms with E-state index in [4.69, 9.17) is 22.4 Å². The molecule has 18 heavy (non-hydrogen) atoms. The van der Waals surface area contributed by atoms with Crippen LogP contribution >= 0.6 is 11.6 Å². The maximum atomic E-state index is 12.1. The lowest BCUT2D eigenvalue weighted by molar-refractivity contribution is 0.0691. The van der Waals surface area contributed by atoms with Crippen molar-refractivity contribution in [2.45, 2.75) is 0 Å². The molecule has 2 aromatic rings. The van der Waals surface area contributed by atoms with Crippen molar-refractivity contribution in [3.05, 3.63) is 52.3 Å². The molecule has 0 bridgehead atoms. The Morgan fingerprint density at radius 1 is 1.28 bits per heavy atom. The third kappa shape index (κ3) is 2.21. The van der Waals surface area contributed by atoms with Crippen LogP contribution in [0.4, 0.5) is 5.69 Å². The van der Waals surface area contributed by atoms with Crippen molar-refractivity contribution in [3.8, 4) is 0 Å². The Labute approximate surface area is 107 Å². The lowest BCUT2D eigenvalue weighted by Crippen LogP contribution is -2.01. The van der Waals surface area contributed by atoms with Crippen LogP contribution in [0, 0.1) is 0 Å². The van der Waals surface area contributed by atoms with Crippen LogP contribution in [-0.4, -0.2) is 21.8 Å². The number of carboxylic acid groups (broad SMARTS) is 1. The van der Waals surface area contributed by atoms with E-state index in [0.29, 0.717) is 5.69 Å². The van der Waals surface area contributed by atoms with E-state index in [9.17, 15) is 9.59 Å². The first-order valence-corrected chi connectivity index (χ1v) is 5.38. The first-order valence-electron chi connectivity index (χ1n) is 5.00. The summed E-state index contributed by atoms with van der Waals surface area (Å²) in [5, 5.41) is 8.99. The highest BCUT2D eigenvalue weighted by Gasteiger charge is 2.16. The van der Waals surface area contributed by atoms with Gasteiger partial charge < -0.3 is 15.8 Å². The highest BCUT2D eigenvalue weighted by Crippen LogP contribution is 2.22. The standard InChI is InChI=1S/C12H9ClN2O3/c13-9-4-7(14)1-2-8(9)11(16)6-3-10(12(17)18)15-5-6/h1-5,15H,14H2,(H,17,18). The Hall–Kier alpha value is -2.27. The molecule has 92 valence electrons. The first kappa shape index (κ1) is 12.2. The number of carboxylic acids is 1. The summed E-state index contributed by atoms with van der Waals surface area (Å²) >= 11 is 5.92. The van der Waals surface area contributed by atoms with Crippen molar-refractivity contribution in [3.63, 3.8) is 0 Å². The minimum atomic E-state index is -1.13. The quantitative estimate of drug-likeness (QED) is 0.585. The number of aromatic carboxylic acids is 1. The normalized spacial score (nSPS) is 10.3. The second-order valence-corrected chi connectivity index (χ2v) is 4.08. The highest BCUT2D eigenvalue weighted by molar-refractivity contribution is 6.35. The zero-order valence-electron chi connectivity index (χ0n) is 9.11. The molecular formula is C12H9ClN2O3. The number of carbonyl (C=O) groups excluding carboxylic acids is 1. The van der Waals surface area contributed by atoms with Gasteiger partial charge in [0.2, 0.25) is 0 Å². The first-order chi connectivity index (χ1) is 8.49. The molecule has 1 aromatic heterocycles. The van der Waals surface area contributed by atoms with Gasteiger partial charge in [0.1, 0.15) is 5.69 Å². The molecule has 1 aromatic carbocycles. The fourth-order valence-electron chi connectivity index (χ4n) is 1.52. The minimum absolute atomic E-state index is 0.0510. The molecule has 0 aliphatic carbocycles. The summed E-state index contributed by atoms with van der Waals surface area (Å²) in [6.07, 6.45) is 1.33. The van der Waals surface area contributed by atoms with Crippen LogP contribution in [0.1, 0.15) is 26.4 Å². The summed E-state index contributed by atoms with van der Waals surface area (Å²) in [5.41, 5.74) is 6.45. The molecule has 5 nitrogen and oxygen atoms in total. The highest BCUT2D eigenvalue weighted by atomic mass is 35.5. The summed E-state index contributed by atoms with van der Waals surface area (Å²) in [7, 11) is 0. The predicted octanol–water partition coefficient (Wildman–Crippen LogP) is 2.18. The number of rotatable bonds is 3. The van der Waals surface area contributed by atoms with Crippen molar-refractivity contribution in [1.29, 1.82) is 0 Å². The van der Waals surface area contributed by atoms with Gasteiger partial charge >= 0.3 is 5.97 Å². The molecule has 0 unspecified atom stereocenters. The van der Waals surface area contributed by atoms with E-state index < -0.39 is 5.97 Å². The number of H-pyrrole nitrogens is 1. The van der Waals surface area contributed by atoms with Crippen molar-refractivity contribution in [2.75, 3.05) is 5.73 Å². The molecular weight excluding hydrogens is 256 g/mol. The Morgan fingerprint density at radius 2 is 2.00 bits per heavy atom. The molecule has 0 saturated heterocycles. The number of nitrogens with one attached hydrogen (secondary N) is 1. The van der Waals surface area contributed by atoms with Gasteiger partial charge in [-0.3, -0.25) is 4.79 Å². The van der Waals surface area contributed by atoms with Crippen LogP contribution < -0.4 is 5.73 Å². The summed E-state index contributed by atoms with van der Waals surface area (Å²) in [5.74, 6) is -1.48. The van der Waals surface area contributed by atoms with Crippen LogP contribution in [0.3, 0.4) is 0 Å². The zero-order valence-corrected chi connectivity index (χ0v) is 9.86. The van der Waals surface area contributed by atoms with Crippen LogP contribution in [0.25, 0.3) is 0 Å². The van der Waals surface area contributed by atoms with E-state index in [-0.39, 0.29) is 27.6 Å². The molecule has 0 aliphatic heterocycles. The summed E-state index contributed by atoms with van der Waals surface area (Å²) in [6.45, 7) is 0. The van der Waals surface area contributed by atoms with Crippen LogP contribution in [0.2, 0.25) is 5.02 Å². The number of aromatic nitrogens is 1. The second-order valence-electron chi connectivity index (χ2n) is 3.68. The second kappa shape index (κ2) is 4.54. The number of nitrogen functional groups attached to an aromatic ring is 1. The van der Waals surface area contributed by atoms with Gasteiger partial charge in [0.25, 0.3) is 0 Å². The molecule has 1 heterocycles. The van der Waals surface area contributed by atoms with E-state index in [0.717, 1.165) is 0 Å². The van der Waals surface area contributed by atoms with Crippen LogP contribution in [-0.2, 0) is 0 Å². The van der Waals surface area contributed by atoms with Crippen molar-refractivity contribution < 1.29 is 14.7 Å². The Morgan fingerprint density at radius 3 is 2.56 bits per heavy atom. The lowest BCUT2D eigenvalue weighted by Gasteiger charge is -2.02. The Kier molecular flexibility index (Phi) is 3.08.